The number of aryl methyl sites for hydroxylation is 3. The normalized spacial score (nSPS) is 10.8. The van der Waals surface area contributed by atoms with Gasteiger partial charge in [0.1, 0.15) is 5.69 Å². The molecule has 2 amide bonds. The van der Waals surface area contributed by atoms with Gasteiger partial charge in [-0.25, -0.2) is 0 Å². The fraction of sp³-hybridized carbons (Fsp3) is 0.312. The Bertz CT molecular complexity index is 1130. The van der Waals surface area contributed by atoms with Gasteiger partial charge in [0.05, 0.1) is 47.3 Å². The first-order valence-corrected chi connectivity index (χ1v) is 9.04. The summed E-state index contributed by atoms with van der Waals surface area (Å²) >= 11 is 5.74. The van der Waals surface area contributed by atoms with E-state index in [0.29, 0.717) is 5.69 Å². The van der Waals surface area contributed by atoms with Crippen molar-refractivity contribution >= 4 is 40.6 Å². The number of carbonyl (C=O) groups is 2. The van der Waals surface area contributed by atoms with Gasteiger partial charge in [-0.05, 0) is 11.8 Å². The van der Waals surface area contributed by atoms with Crippen molar-refractivity contribution in [3.8, 4) is 0 Å². The predicted molar refractivity (Wildman–Crippen MR) is 106 cm³/mol. The molecule has 0 atom stereocenters. The molecule has 158 valence electrons. The van der Waals surface area contributed by atoms with Crippen LogP contribution in [0.1, 0.15) is 22.6 Å². The van der Waals surface area contributed by atoms with Gasteiger partial charge in [0, 0.05) is 20.5 Å². The maximum Gasteiger partial charge on any atom is 0.408 e. The largest absolute Gasteiger partial charge is 0.408 e. The summed E-state index contributed by atoms with van der Waals surface area (Å²) in [6.07, 6.45) is 4.10. The summed E-state index contributed by atoms with van der Waals surface area (Å²) in [4.78, 5) is 35.1. The molecule has 3 heterocycles. The van der Waals surface area contributed by atoms with Crippen molar-refractivity contribution in [3.05, 3.63) is 45.1 Å². The topological polar surface area (TPSA) is 155 Å². The van der Waals surface area contributed by atoms with Crippen molar-refractivity contribution in [1.82, 2.24) is 29.3 Å². The predicted octanol–water partition coefficient (Wildman–Crippen LogP) is 1.50. The molecule has 14 heteroatoms. The molecule has 0 unspecified atom stereocenters. The SMILES string of the molecule is Cc1c(NC(=O)c2c(NC(=O)CCn3cc(Cl)c([N+](=O)[O-])n3)cnn2C)cnn1C. The third-order valence-electron chi connectivity index (χ3n) is 4.35. The van der Waals surface area contributed by atoms with Crippen molar-refractivity contribution in [2.24, 2.45) is 14.1 Å². The minimum absolute atomic E-state index is 0.0488. The first-order valence-electron chi connectivity index (χ1n) is 8.66. The van der Waals surface area contributed by atoms with E-state index in [0.717, 1.165) is 5.69 Å². The van der Waals surface area contributed by atoms with Crippen LogP contribution in [-0.4, -0.2) is 46.1 Å². The summed E-state index contributed by atoms with van der Waals surface area (Å²) in [5.41, 5.74) is 1.69. The van der Waals surface area contributed by atoms with Crippen LogP contribution in [0.3, 0.4) is 0 Å². The number of amides is 2. The van der Waals surface area contributed by atoms with Crippen LogP contribution in [0, 0.1) is 17.0 Å². The molecule has 3 aromatic heterocycles. The van der Waals surface area contributed by atoms with Crippen molar-refractivity contribution in [1.29, 1.82) is 0 Å². The number of nitro groups is 1. The van der Waals surface area contributed by atoms with Gasteiger partial charge in [-0.1, -0.05) is 11.6 Å². The summed E-state index contributed by atoms with van der Waals surface area (Å²) in [6, 6.07) is 0. The zero-order valence-electron chi connectivity index (χ0n) is 16.3. The quantitative estimate of drug-likeness (QED) is 0.420. The van der Waals surface area contributed by atoms with Gasteiger partial charge in [0.2, 0.25) is 5.91 Å². The maximum atomic E-state index is 12.7. The lowest BCUT2D eigenvalue weighted by molar-refractivity contribution is -0.389. The zero-order valence-corrected chi connectivity index (χ0v) is 17.0. The van der Waals surface area contributed by atoms with Crippen LogP contribution >= 0.6 is 11.6 Å². The van der Waals surface area contributed by atoms with Crippen molar-refractivity contribution in [2.75, 3.05) is 10.6 Å². The lowest BCUT2D eigenvalue weighted by Gasteiger charge is -2.08. The standard InChI is InChI=1S/C16H18ClN9O4/c1-9-11(6-18-23(9)2)21-16(28)14-12(7-19-24(14)3)20-13(27)4-5-25-8-10(17)15(22-25)26(29)30/h6-8H,4-5H2,1-3H3,(H,20,27)(H,21,28). The zero-order chi connectivity index (χ0) is 22.0. The number of aromatic nitrogens is 6. The van der Waals surface area contributed by atoms with Gasteiger partial charge < -0.3 is 20.7 Å². The van der Waals surface area contributed by atoms with E-state index in [4.69, 9.17) is 11.6 Å². The number of halogens is 1. The second kappa shape index (κ2) is 8.32. The molecule has 3 rings (SSSR count). The average molecular weight is 436 g/mol. The molecule has 0 saturated carbocycles. The lowest BCUT2D eigenvalue weighted by Crippen LogP contribution is -2.21. The molecule has 0 spiro atoms. The molecule has 0 radical (unpaired) electrons. The fourth-order valence-electron chi connectivity index (χ4n) is 2.66. The van der Waals surface area contributed by atoms with E-state index in [2.05, 4.69) is 25.9 Å². The summed E-state index contributed by atoms with van der Waals surface area (Å²) < 4.78 is 4.17. The molecule has 0 bridgehead atoms. The van der Waals surface area contributed by atoms with E-state index in [1.807, 2.05) is 0 Å². The van der Waals surface area contributed by atoms with Crippen molar-refractivity contribution < 1.29 is 14.5 Å². The van der Waals surface area contributed by atoms with Crippen LogP contribution in [0.4, 0.5) is 17.2 Å². The van der Waals surface area contributed by atoms with Crippen LogP contribution in [0.2, 0.25) is 5.02 Å². The Morgan fingerprint density at radius 1 is 1.17 bits per heavy atom. The van der Waals surface area contributed by atoms with Crippen LogP contribution in [0.5, 0.6) is 0 Å². The molecule has 0 aromatic carbocycles. The van der Waals surface area contributed by atoms with Crippen molar-refractivity contribution in [3.63, 3.8) is 0 Å². The van der Waals surface area contributed by atoms with E-state index in [1.54, 1.807) is 25.7 Å². The van der Waals surface area contributed by atoms with Crippen LogP contribution in [0.15, 0.2) is 18.6 Å². The summed E-state index contributed by atoms with van der Waals surface area (Å²) in [6.45, 7) is 1.87. The van der Waals surface area contributed by atoms with Gasteiger partial charge in [0.25, 0.3) is 5.91 Å². The van der Waals surface area contributed by atoms with E-state index in [1.165, 1.54) is 28.0 Å². The van der Waals surface area contributed by atoms with E-state index >= 15 is 0 Å². The fourth-order valence-corrected chi connectivity index (χ4v) is 2.87. The molecule has 2 N–H and O–H groups in total. The van der Waals surface area contributed by atoms with E-state index in [-0.39, 0.29) is 29.4 Å². The molecule has 13 nitrogen and oxygen atoms in total. The second-order valence-electron chi connectivity index (χ2n) is 6.37. The van der Waals surface area contributed by atoms with E-state index < -0.39 is 22.6 Å². The van der Waals surface area contributed by atoms with Crippen LogP contribution in [0.25, 0.3) is 0 Å². The smallest absolute Gasteiger partial charge is 0.358 e. The van der Waals surface area contributed by atoms with Gasteiger partial charge in [-0.3, -0.25) is 19.0 Å². The Morgan fingerprint density at radius 3 is 2.43 bits per heavy atom. The van der Waals surface area contributed by atoms with Gasteiger partial charge in [0.15, 0.2) is 5.02 Å². The van der Waals surface area contributed by atoms with Crippen LogP contribution in [-0.2, 0) is 25.4 Å². The summed E-state index contributed by atoms with van der Waals surface area (Å²) in [5.74, 6) is -1.37. The van der Waals surface area contributed by atoms with Gasteiger partial charge in [-0.15, -0.1) is 0 Å². The Hall–Kier alpha value is -3.74. The Balaban J connectivity index is 1.66. The molecule has 0 saturated heterocycles. The first-order chi connectivity index (χ1) is 14.2. The molecule has 30 heavy (non-hydrogen) atoms. The number of nitrogens with zero attached hydrogens (tertiary/aromatic N) is 7. The van der Waals surface area contributed by atoms with E-state index in [9.17, 15) is 19.7 Å². The number of hydrogen-bond donors (Lipinski definition) is 2. The Morgan fingerprint density at radius 2 is 1.83 bits per heavy atom. The molecule has 0 fully saturated rings. The van der Waals surface area contributed by atoms with Crippen LogP contribution < -0.4 is 10.6 Å². The minimum Gasteiger partial charge on any atom is -0.358 e. The molecular weight excluding hydrogens is 418 g/mol. The Labute approximate surface area is 174 Å². The monoisotopic (exact) mass is 435 g/mol. The highest BCUT2D eigenvalue weighted by Crippen LogP contribution is 2.22. The third kappa shape index (κ3) is 4.30. The summed E-state index contributed by atoms with van der Waals surface area (Å²) in [7, 11) is 3.33. The number of hydrogen-bond acceptors (Lipinski definition) is 7. The molecule has 0 aliphatic carbocycles. The highest BCUT2D eigenvalue weighted by Gasteiger charge is 2.22. The first kappa shape index (κ1) is 21.0. The number of carbonyl (C=O) groups excluding carboxylic acids is 2. The second-order valence-corrected chi connectivity index (χ2v) is 6.78. The number of nitrogens with one attached hydrogen (secondary N) is 2. The maximum absolute atomic E-state index is 12.7. The minimum atomic E-state index is -0.705. The van der Waals surface area contributed by atoms with Gasteiger partial charge in [-0.2, -0.15) is 14.9 Å². The lowest BCUT2D eigenvalue weighted by atomic mass is 10.3. The Kier molecular flexibility index (Phi) is 5.82. The molecule has 0 aliphatic heterocycles. The third-order valence-corrected chi connectivity index (χ3v) is 4.62. The van der Waals surface area contributed by atoms with Gasteiger partial charge >= 0.3 is 5.82 Å². The van der Waals surface area contributed by atoms with Crippen molar-refractivity contribution in [2.45, 2.75) is 19.9 Å². The number of anilines is 2. The summed E-state index contributed by atoms with van der Waals surface area (Å²) in [5, 5.41) is 27.8. The highest BCUT2D eigenvalue weighted by atomic mass is 35.5. The highest BCUT2D eigenvalue weighted by molar-refractivity contribution is 6.32. The molecule has 0 aliphatic rings. The molecule has 3 aromatic rings. The number of rotatable bonds is 7. The average Bonchev–Trinajstić information content (AvgIpc) is 3.33. The molecular formula is C16H18ClN9O4.